The standard InChI is InChI=1S/C12H24Cl3N2O3PS/c1-6-8-19-21(22,20-9-7-2)17(11(3,4)5)16-10(18)12(13,14)15/h6-9H2,1-5H3,(H,16,18). The molecule has 0 saturated heterocycles. The lowest BCUT2D eigenvalue weighted by molar-refractivity contribution is -0.125. The maximum Gasteiger partial charge on any atom is 0.286 e. The summed E-state index contributed by atoms with van der Waals surface area (Å²) in [5.74, 6) is -0.804. The highest BCUT2D eigenvalue weighted by molar-refractivity contribution is 8.08. The van der Waals surface area contributed by atoms with Crippen LogP contribution in [-0.4, -0.2) is 33.2 Å². The van der Waals surface area contributed by atoms with E-state index in [1.54, 1.807) is 0 Å². The second-order valence-corrected chi connectivity index (χ2v) is 11.1. The first-order valence-electron chi connectivity index (χ1n) is 6.96. The van der Waals surface area contributed by atoms with Gasteiger partial charge in [0.1, 0.15) is 0 Å². The van der Waals surface area contributed by atoms with Gasteiger partial charge in [0.25, 0.3) is 16.3 Å². The third-order valence-corrected chi connectivity index (χ3v) is 6.11. The fraction of sp³-hybridized carbons (Fsp3) is 0.917. The Morgan fingerprint density at radius 3 is 1.82 bits per heavy atom. The van der Waals surface area contributed by atoms with E-state index in [-0.39, 0.29) is 0 Å². The normalized spacial score (nSPS) is 13.5. The van der Waals surface area contributed by atoms with Crippen LogP contribution < -0.4 is 5.43 Å². The molecule has 0 spiro atoms. The van der Waals surface area contributed by atoms with Crippen molar-refractivity contribution in [2.24, 2.45) is 0 Å². The van der Waals surface area contributed by atoms with Crippen molar-refractivity contribution in [2.75, 3.05) is 13.2 Å². The lowest BCUT2D eigenvalue weighted by Gasteiger charge is -2.42. The van der Waals surface area contributed by atoms with Crippen LogP contribution in [0.3, 0.4) is 0 Å². The average Bonchev–Trinajstić information content (AvgIpc) is 2.37. The number of carbonyl (C=O) groups is 1. The van der Waals surface area contributed by atoms with Crippen molar-refractivity contribution < 1.29 is 13.8 Å². The topological polar surface area (TPSA) is 50.8 Å². The highest BCUT2D eigenvalue weighted by atomic mass is 35.6. The van der Waals surface area contributed by atoms with E-state index in [1.807, 2.05) is 34.6 Å². The van der Waals surface area contributed by atoms with E-state index in [2.05, 4.69) is 5.43 Å². The lowest BCUT2D eigenvalue weighted by Crippen LogP contribution is -2.53. The van der Waals surface area contributed by atoms with E-state index < -0.39 is 21.9 Å². The molecular formula is C12H24Cl3N2O3PS. The van der Waals surface area contributed by atoms with Crippen molar-refractivity contribution >= 4 is 59.2 Å². The summed E-state index contributed by atoms with van der Waals surface area (Å²) in [5, 5.41) is 0. The summed E-state index contributed by atoms with van der Waals surface area (Å²) < 4.78 is 10.9. The molecule has 0 heterocycles. The molecular weight excluding hydrogens is 390 g/mol. The van der Waals surface area contributed by atoms with Crippen molar-refractivity contribution in [2.45, 2.75) is 56.8 Å². The predicted molar refractivity (Wildman–Crippen MR) is 96.8 cm³/mol. The summed E-state index contributed by atoms with van der Waals surface area (Å²) in [4.78, 5) is 12.0. The van der Waals surface area contributed by atoms with Crippen molar-refractivity contribution in [3.8, 4) is 0 Å². The van der Waals surface area contributed by atoms with Crippen LogP contribution in [0, 0.1) is 0 Å². The fourth-order valence-corrected chi connectivity index (χ4v) is 4.83. The quantitative estimate of drug-likeness (QED) is 0.359. The average molecular weight is 414 g/mol. The second-order valence-electron chi connectivity index (χ2n) is 5.56. The van der Waals surface area contributed by atoms with Gasteiger partial charge in [-0.3, -0.25) is 10.2 Å². The molecule has 0 aromatic heterocycles. The molecule has 0 aliphatic heterocycles. The Kier molecular flexibility index (Phi) is 9.75. The van der Waals surface area contributed by atoms with Crippen LogP contribution in [0.25, 0.3) is 0 Å². The van der Waals surface area contributed by atoms with Crippen LogP contribution >= 0.6 is 41.4 Å². The summed E-state index contributed by atoms with van der Waals surface area (Å²) in [6.45, 7) is 7.37. The molecule has 5 nitrogen and oxygen atoms in total. The minimum absolute atomic E-state index is 0.414. The first-order valence-corrected chi connectivity index (χ1v) is 10.7. The van der Waals surface area contributed by atoms with Crippen molar-refractivity contribution in [3.63, 3.8) is 0 Å². The SMILES string of the molecule is CCCOP(=S)(OCCC)N(NC(=O)C(Cl)(Cl)Cl)C(C)(C)C. The Morgan fingerprint density at radius 1 is 1.14 bits per heavy atom. The Hall–Kier alpha value is 0.870. The zero-order chi connectivity index (χ0) is 17.6. The number of amides is 1. The molecule has 0 bridgehead atoms. The molecule has 0 saturated carbocycles. The van der Waals surface area contributed by atoms with Crippen LogP contribution in [-0.2, 0) is 25.6 Å². The van der Waals surface area contributed by atoms with Crippen LogP contribution in [0.15, 0.2) is 0 Å². The molecule has 0 atom stereocenters. The van der Waals surface area contributed by atoms with Gasteiger partial charge in [-0.25, -0.2) is 0 Å². The number of nitrogens with one attached hydrogen (secondary N) is 1. The number of carbonyl (C=O) groups excluding carboxylic acids is 1. The molecule has 0 aromatic rings. The summed E-state index contributed by atoms with van der Waals surface area (Å²) in [6.07, 6.45) is 1.54. The van der Waals surface area contributed by atoms with Gasteiger partial charge in [-0.15, -0.1) is 4.78 Å². The zero-order valence-corrected chi connectivity index (χ0v) is 17.5. The van der Waals surface area contributed by atoms with E-state index in [9.17, 15) is 4.79 Å². The largest absolute Gasteiger partial charge is 0.317 e. The number of nitrogens with zero attached hydrogens (tertiary/aromatic N) is 1. The lowest BCUT2D eigenvalue weighted by atomic mass is 10.1. The van der Waals surface area contributed by atoms with E-state index in [0.29, 0.717) is 13.2 Å². The number of hydrogen-bond donors (Lipinski definition) is 1. The van der Waals surface area contributed by atoms with Gasteiger partial charge in [0, 0.05) is 5.54 Å². The summed E-state index contributed by atoms with van der Waals surface area (Å²) in [5.41, 5.74) is 1.97. The zero-order valence-electron chi connectivity index (χ0n) is 13.5. The Morgan fingerprint density at radius 2 is 1.55 bits per heavy atom. The van der Waals surface area contributed by atoms with Gasteiger partial charge in [-0.1, -0.05) is 48.7 Å². The maximum atomic E-state index is 12.0. The van der Waals surface area contributed by atoms with Gasteiger partial charge in [-0.2, -0.15) is 0 Å². The molecule has 1 amide bonds. The molecule has 1 N–H and O–H groups in total. The molecule has 0 unspecified atom stereocenters. The van der Waals surface area contributed by atoms with Gasteiger partial charge in [-0.05, 0) is 45.4 Å². The first kappa shape index (κ1) is 22.9. The van der Waals surface area contributed by atoms with Crippen molar-refractivity contribution in [3.05, 3.63) is 0 Å². The summed E-state index contributed by atoms with van der Waals surface area (Å²) in [7, 11) is 0. The van der Waals surface area contributed by atoms with Gasteiger partial charge in [0.05, 0.1) is 13.2 Å². The predicted octanol–water partition coefficient (Wildman–Crippen LogP) is 4.57. The maximum absolute atomic E-state index is 12.0. The Balaban J connectivity index is 5.49. The summed E-state index contributed by atoms with van der Waals surface area (Å²) >= 11 is 22.5. The van der Waals surface area contributed by atoms with Crippen LogP contribution in [0.5, 0.6) is 0 Å². The van der Waals surface area contributed by atoms with Gasteiger partial charge >= 0.3 is 0 Å². The van der Waals surface area contributed by atoms with E-state index in [0.717, 1.165) is 12.8 Å². The number of rotatable bonds is 8. The molecule has 0 fully saturated rings. The van der Waals surface area contributed by atoms with Crippen LogP contribution in [0.4, 0.5) is 0 Å². The first-order chi connectivity index (χ1) is 9.88. The third-order valence-electron chi connectivity index (χ3n) is 2.26. The van der Waals surface area contributed by atoms with Crippen molar-refractivity contribution in [1.82, 2.24) is 10.2 Å². The van der Waals surface area contributed by atoms with E-state index >= 15 is 0 Å². The van der Waals surface area contributed by atoms with Crippen LogP contribution in [0.2, 0.25) is 0 Å². The van der Waals surface area contributed by atoms with Crippen LogP contribution in [0.1, 0.15) is 47.5 Å². The highest BCUT2D eigenvalue weighted by Gasteiger charge is 2.42. The third kappa shape index (κ3) is 7.63. The second kappa shape index (κ2) is 9.38. The number of hydrogen-bond acceptors (Lipinski definition) is 4. The fourth-order valence-electron chi connectivity index (χ4n) is 1.32. The van der Waals surface area contributed by atoms with E-state index in [4.69, 9.17) is 55.7 Å². The number of hydrazine groups is 1. The highest BCUT2D eigenvalue weighted by Crippen LogP contribution is 2.55. The number of halogens is 3. The minimum atomic E-state index is -2.95. The molecule has 0 radical (unpaired) electrons. The molecule has 22 heavy (non-hydrogen) atoms. The molecule has 0 rings (SSSR count). The van der Waals surface area contributed by atoms with Gasteiger partial charge < -0.3 is 9.05 Å². The summed E-state index contributed by atoms with van der Waals surface area (Å²) in [6, 6.07) is 0. The molecule has 0 aliphatic rings. The Bertz CT molecular complexity index is 401. The van der Waals surface area contributed by atoms with Gasteiger partial charge in [0.15, 0.2) is 0 Å². The molecule has 0 aromatic carbocycles. The molecule has 10 heteroatoms. The van der Waals surface area contributed by atoms with E-state index in [1.165, 1.54) is 4.78 Å². The number of alkyl halides is 3. The smallest absolute Gasteiger partial charge is 0.286 e. The van der Waals surface area contributed by atoms with Crippen molar-refractivity contribution in [1.29, 1.82) is 0 Å². The monoisotopic (exact) mass is 412 g/mol. The van der Waals surface area contributed by atoms with Gasteiger partial charge in [0.2, 0.25) is 0 Å². The Labute approximate surface area is 153 Å². The molecule has 132 valence electrons. The minimum Gasteiger partial charge on any atom is -0.317 e. The molecule has 0 aliphatic carbocycles.